The zero-order chi connectivity index (χ0) is 17.3. The third-order valence-electron chi connectivity index (χ3n) is 3.67. The van der Waals surface area contributed by atoms with Crippen LogP contribution in [-0.2, 0) is 0 Å². The van der Waals surface area contributed by atoms with E-state index in [0.717, 1.165) is 5.69 Å². The maximum absolute atomic E-state index is 12.3. The number of nitrogens with zero attached hydrogens (tertiary/aromatic N) is 2. The minimum Gasteiger partial charge on any atom is -0.618 e. The van der Waals surface area contributed by atoms with Gasteiger partial charge in [-0.2, -0.15) is 4.74 Å². The van der Waals surface area contributed by atoms with Crippen LogP contribution >= 0.6 is 0 Å². The zero-order valence-electron chi connectivity index (χ0n) is 13.4. The van der Waals surface area contributed by atoms with Crippen LogP contribution in [0.15, 0.2) is 57.7 Å². The molecule has 1 aromatic heterocycles. The first-order valence-electron chi connectivity index (χ1n) is 7.36. The number of rotatable bonds is 3. The van der Waals surface area contributed by atoms with Crippen LogP contribution in [0.4, 0.5) is 17.1 Å². The molecule has 0 amide bonds. The molecule has 0 aliphatic heterocycles. The number of hydrogen-bond acceptors (Lipinski definition) is 5. The number of anilines is 2. The van der Waals surface area contributed by atoms with E-state index in [-0.39, 0.29) is 16.8 Å². The lowest BCUT2D eigenvalue weighted by molar-refractivity contribution is -0.354. The lowest BCUT2D eigenvalue weighted by Gasteiger charge is -2.12. The van der Waals surface area contributed by atoms with Crippen LogP contribution < -0.4 is 16.1 Å². The summed E-state index contributed by atoms with van der Waals surface area (Å²) in [5.41, 5.74) is 7.65. The molecule has 24 heavy (non-hydrogen) atoms. The van der Waals surface area contributed by atoms with Gasteiger partial charge >= 0.3 is 0 Å². The van der Waals surface area contributed by atoms with Crippen molar-refractivity contribution in [2.24, 2.45) is 0 Å². The topological polar surface area (TPSA) is 85.5 Å². The smallest absolute Gasteiger partial charge is 0.223 e. The number of fused-ring (bicyclic) bond motifs is 1. The van der Waals surface area contributed by atoms with E-state index in [1.807, 2.05) is 31.1 Å². The second-order valence-electron chi connectivity index (χ2n) is 5.60. The maximum Gasteiger partial charge on any atom is 0.223 e. The number of benzene rings is 2. The minimum atomic E-state index is -0.244. The molecule has 2 N–H and O–H groups in total. The molecule has 6 heteroatoms. The van der Waals surface area contributed by atoms with E-state index >= 15 is 0 Å². The molecule has 0 bridgehead atoms. The number of nitrogen functional groups attached to an aromatic ring is 1. The van der Waals surface area contributed by atoms with Gasteiger partial charge in [-0.25, -0.2) is 0 Å². The van der Waals surface area contributed by atoms with E-state index in [0.29, 0.717) is 21.5 Å². The summed E-state index contributed by atoms with van der Waals surface area (Å²) < 4.78 is 6.25. The summed E-state index contributed by atoms with van der Waals surface area (Å²) in [6, 6.07) is 13.3. The minimum absolute atomic E-state index is 0.150. The monoisotopic (exact) mass is 323 g/mol. The van der Waals surface area contributed by atoms with Crippen molar-refractivity contribution in [3.8, 4) is 0 Å². The van der Waals surface area contributed by atoms with Gasteiger partial charge in [-0.15, -0.1) is 0 Å². The van der Waals surface area contributed by atoms with E-state index in [1.54, 1.807) is 30.3 Å². The Morgan fingerprint density at radius 3 is 2.54 bits per heavy atom. The predicted octanol–water partition coefficient (Wildman–Crippen LogP) is 2.70. The van der Waals surface area contributed by atoms with E-state index in [9.17, 15) is 10.0 Å². The highest BCUT2D eigenvalue weighted by molar-refractivity contribution is 5.89. The molecule has 0 spiro atoms. The molecule has 0 unspecified atom stereocenters. The van der Waals surface area contributed by atoms with Crippen molar-refractivity contribution in [3.63, 3.8) is 0 Å². The van der Waals surface area contributed by atoms with Crippen LogP contribution in [0.25, 0.3) is 11.0 Å². The van der Waals surface area contributed by atoms with Gasteiger partial charge in [0.15, 0.2) is 16.8 Å². The highest BCUT2D eigenvalue weighted by atomic mass is 16.5. The molecule has 6 nitrogen and oxygen atoms in total. The fourth-order valence-corrected chi connectivity index (χ4v) is 2.37. The lowest BCUT2D eigenvalue weighted by atomic mass is 10.2. The van der Waals surface area contributed by atoms with Crippen LogP contribution in [0.1, 0.15) is 5.76 Å². The van der Waals surface area contributed by atoms with E-state index < -0.39 is 0 Å². The molecule has 3 rings (SSSR count). The SMILES string of the molecule is CN(C)c1ccc(/[N+]([O-])=C\c2cc(=O)c3cccc(N)c3o2)cc1. The van der Waals surface area contributed by atoms with Gasteiger partial charge in [0.2, 0.25) is 11.9 Å². The number of para-hydroxylation sites is 1. The molecule has 0 saturated carbocycles. The Morgan fingerprint density at radius 1 is 1.17 bits per heavy atom. The number of hydrogen-bond donors (Lipinski definition) is 1. The lowest BCUT2D eigenvalue weighted by Crippen LogP contribution is -2.08. The van der Waals surface area contributed by atoms with Crippen molar-refractivity contribution in [1.29, 1.82) is 0 Å². The standard InChI is InChI=1S/C18H17N3O3/c1-20(2)12-6-8-13(9-7-12)21(23)11-14-10-17(22)15-4-3-5-16(19)18(15)24-14/h3-11H,19H2,1-2H3/b21-11+. The van der Waals surface area contributed by atoms with Crippen molar-refractivity contribution >= 4 is 34.2 Å². The molecule has 0 aliphatic rings. The Bertz CT molecular complexity index is 973. The molecule has 3 aromatic rings. The van der Waals surface area contributed by atoms with Gasteiger partial charge in [-0.1, -0.05) is 6.07 Å². The fourth-order valence-electron chi connectivity index (χ4n) is 2.37. The predicted molar refractivity (Wildman–Crippen MR) is 96.1 cm³/mol. The average molecular weight is 323 g/mol. The number of nitrogens with two attached hydrogens (primary N) is 1. The zero-order valence-corrected chi connectivity index (χ0v) is 13.4. The van der Waals surface area contributed by atoms with Crippen LogP contribution in [-0.4, -0.2) is 25.0 Å². The summed E-state index contributed by atoms with van der Waals surface area (Å²) in [5.74, 6) is 0.150. The van der Waals surface area contributed by atoms with E-state index in [1.165, 1.54) is 12.3 Å². The van der Waals surface area contributed by atoms with Gasteiger partial charge in [-0.3, -0.25) is 4.79 Å². The third-order valence-corrected chi connectivity index (χ3v) is 3.67. The molecule has 1 heterocycles. The highest BCUT2D eigenvalue weighted by Crippen LogP contribution is 2.20. The van der Waals surface area contributed by atoms with E-state index in [4.69, 9.17) is 10.2 Å². The first-order chi connectivity index (χ1) is 11.5. The molecule has 0 saturated heterocycles. The largest absolute Gasteiger partial charge is 0.618 e. The fraction of sp³-hybridized carbons (Fsp3) is 0.111. The molecular formula is C18H17N3O3. The van der Waals surface area contributed by atoms with Crippen LogP contribution in [0.2, 0.25) is 0 Å². The Morgan fingerprint density at radius 2 is 1.88 bits per heavy atom. The Hall–Kier alpha value is -3.28. The Labute approximate surface area is 138 Å². The normalized spacial score (nSPS) is 11.7. The average Bonchev–Trinajstić information content (AvgIpc) is 2.56. The van der Waals surface area contributed by atoms with Gasteiger partial charge < -0.3 is 20.3 Å². The van der Waals surface area contributed by atoms with Crippen molar-refractivity contribution in [3.05, 3.63) is 69.7 Å². The van der Waals surface area contributed by atoms with Crippen molar-refractivity contribution < 1.29 is 9.16 Å². The third kappa shape index (κ3) is 2.94. The quantitative estimate of drug-likeness (QED) is 0.263. The summed E-state index contributed by atoms with van der Waals surface area (Å²) in [7, 11) is 3.84. The van der Waals surface area contributed by atoms with Crippen molar-refractivity contribution in [2.45, 2.75) is 0 Å². The second-order valence-corrected chi connectivity index (χ2v) is 5.60. The molecular weight excluding hydrogens is 306 g/mol. The summed E-state index contributed by atoms with van der Waals surface area (Å²) in [5, 5.41) is 12.7. The maximum atomic E-state index is 12.3. The highest BCUT2D eigenvalue weighted by Gasteiger charge is 2.09. The van der Waals surface area contributed by atoms with Crippen molar-refractivity contribution in [2.75, 3.05) is 24.7 Å². The summed E-state index contributed by atoms with van der Waals surface area (Å²) in [6.07, 6.45) is 1.22. The second kappa shape index (κ2) is 6.08. The van der Waals surface area contributed by atoms with Gasteiger partial charge in [-0.05, 0) is 24.3 Å². The van der Waals surface area contributed by atoms with Gasteiger partial charge in [0.25, 0.3) is 0 Å². The van der Waals surface area contributed by atoms with Crippen LogP contribution in [0.5, 0.6) is 0 Å². The molecule has 0 aliphatic carbocycles. The van der Waals surface area contributed by atoms with Gasteiger partial charge in [0, 0.05) is 38.0 Å². The molecule has 0 fully saturated rings. The van der Waals surface area contributed by atoms with Gasteiger partial charge in [0.1, 0.15) is 0 Å². The molecule has 0 atom stereocenters. The van der Waals surface area contributed by atoms with Crippen LogP contribution in [0.3, 0.4) is 0 Å². The van der Waals surface area contributed by atoms with Gasteiger partial charge in [0.05, 0.1) is 11.1 Å². The molecule has 122 valence electrons. The summed E-state index contributed by atoms with van der Waals surface area (Å²) in [4.78, 5) is 14.1. The Kier molecular flexibility index (Phi) is 3.95. The van der Waals surface area contributed by atoms with E-state index in [2.05, 4.69) is 0 Å². The molecule has 0 radical (unpaired) electrons. The van der Waals surface area contributed by atoms with Crippen LogP contribution in [0, 0.1) is 5.21 Å². The summed E-state index contributed by atoms with van der Waals surface area (Å²) >= 11 is 0. The molecule has 2 aromatic carbocycles. The summed E-state index contributed by atoms with van der Waals surface area (Å²) in [6.45, 7) is 0. The Balaban J connectivity index is 2.02. The first kappa shape index (κ1) is 15.6. The van der Waals surface area contributed by atoms with Crippen molar-refractivity contribution in [1.82, 2.24) is 0 Å². The first-order valence-corrected chi connectivity index (χ1v) is 7.36.